The van der Waals surface area contributed by atoms with Crippen LogP contribution in [0.25, 0.3) is 11.1 Å². The number of amides is 3. The predicted molar refractivity (Wildman–Crippen MR) is 156 cm³/mol. The molecule has 0 spiro atoms. The first-order valence-corrected chi connectivity index (χ1v) is 14.3. The number of esters is 2. The SMILES string of the molecule is CCCCCC(=O)Oc1cccc(OC(=O)CCCCC)c1C(=O)NC(=O)NC1c2ccccc2-c2ccccc21. The van der Waals surface area contributed by atoms with Crippen LogP contribution in [0, 0.1) is 0 Å². The summed E-state index contributed by atoms with van der Waals surface area (Å²) in [5, 5.41) is 5.24. The second-order valence-corrected chi connectivity index (χ2v) is 10.0. The van der Waals surface area contributed by atoms with E-state index in [2.05, 4.69) is 10.6 Å². The molecule has 0 aromatic heterocycles. The average molecular weight is 557 g/mol. The van der Waals surface area contributed by atoms with Crippen LogP contribution in [0.4, 0.5) is 4.79 Å². The number of carbonyl (C=O) groups excluding carboxylic acids is 4. The van der Waals surface area contributed by atoms with Gasteiger partial charge in [0.05, 0.1) is 6.04 Å². The van der Waals surface area contributed by atoms with E-state index in [1.807, 2.05) is 62.4 Å². The molecule has 0 unspecified atom stereocenters. The van der Waals surface area contributed by atoms with E-state index in [1.54, 1.807) is 0 Å². The number of hydrogen-bond donors (Lipinski definition) is 2. The second kappa shape index (κ2) is 14.3. The summed E-state index contributed by atoms with van der Waals surface area (Å²) in [5.74, 6) is -2.03. The van der Waals surface area contributed by atoms with Crippen molar-refractivity contribution in [3.8, 4) is 22.6 Å². The summed E-state index contributed by atoms with van der Waals surface area (Å²) in [7, 11) is 0. The monoisotopic (exact) mass is 556 g/mol. The summed E-state index contributed by atoms with van der Waals surface area (Å²) >= 11 is 0. The van der Waals surface area contributed by atoms with E-state index in [0.717, 1.165) is 47.9 Å². The molecule has 0 saturated heterocycles. The van der Waals surface area contributed by atoms with Crippen molar-refractivity contribution in [1.29, 1.82) is 0 Å². The van der Waals surface area contributed by atoms with Crippen LogP contribution in [0.15, 0.2) is 66.7 Å². The largest absolute Gasteiger partial charge is 0.426 e. The Balaban J connectivity index is 1.55. The first kappa shape index (κ1) is 29.5. The van der Waals surface area contributed by atoms with E-state index < -0.39 is 29.9 Å². The van der Waals surface area contributed by atoms with Crippen LogP contribution in [-0.2, 0) is 9.59 Å². The van der Waals surface area contributed by atoms with Crippen LogP contribution in [0.5, 0.6) is 11.5 Å². The number of rotatable bonds is 12. The lowest BCUT2D eigenvalue weighted by Gasteiger charge is -2.18. The Morgan fingerprint density at radius 3 is 1.63 bits per heavy atom. The van der Waals surface area contributed by atoms with Gasteiger partial charge < -0.3 is 14.8 Å². The third-order valence-electron chi connectivity index (χ3n) is 6.97. The maximum Gasteiger partial charge on any atom is 0.322 e. The van der Waals surface area contributed by atoms with Crippen LogP contribution < -0.4 is 20.1 Å². The van der Waals surface area contributed by atoms with Gasteiger partial charge in [-0.3, -0.25) is 19.7 Å². The molecule has 214 valence electrons. The van der Waals surface area contributed by atoms with Gasteiger partial charge in [-0.05, 0) is 47.2 Å². The first-order chi connectivity index (χ1) is 19.9. The molecule has 0 bridgehead atoms. The second-order valence-electron chi connectivity index (χ2n) is 10.0. The minimum atomic E-state index is -0.851. The smallest absolute Gasteiger partial charge is 0.322 e. The third kappa shape index (κ3) is 7.39. The fourth-order valence-electron chi connectivity index (χ4n) is 4.93. The normalized spacial score (nSPS) is 11.8. The fraction of sp³-hybridized carbons (Fsp3) is 0.333. The van der Waals surface area contributed by atoms with Crippen LogP contribution in [0.2, 0.25) is 0 Å². The highest BCUT2D eigenvalue weighted by Gasteiger charge is 2.30. The Bertz CT molecular complexity index is 1330. The van der Waals surface area contributed by atoms with Gasteiger partial charge >= 0.3 is 18.0 Å². The molecule has 2 N–H and O–H groups in total. The van der Waals surface area contributed by atoms with Crippen molar-refractivity contribution in [2.24, 2.45) is 0 Å². The predicted octanol–water partition coefficient (Wildman–Crippen LogP) is 6.87. The van der Waals surface area contributed by atoms with Crippen LogP contribution in [0.1, 0.15) is 92.7 Å². The molecule has 0 aliphatic heterocycles. The van der Waals surface area contributed by atoms with Gasteiger partial charge in [-0.25, -0.2) is 4.79 Å². The van der Waals surface area contributed by atoms with Crippen LogP contribution in [0.3, 0.4) is 0 Å². The Kier molecular flexibility index (Phi) is 10.3. The van der Waals surface area contributed by atoms with Crippen molar-refractivity contribution in [2.75, 3.05) is 0 Å². The average Bonchev–Trinajstić information content (AvgIpc) is 3.27. The number of ether oxygens (including phenoxy) is 2. The zero-order valence-corrected chi connectivity index (χ0v) is 23.5. The van der Waals surface area contributed by atoms with Crippen molar-refractivity contribution in [3.63, 3.8) is 0 Å². The summed E-state index contributed by atoms with van der Waals surface area (Å²) < 4.78 is 11.0. The van der Waals surface area contributed by atoms with Crippen molar-refractivity contribution in [1.82, 2.24) is 10.6 Å². The van der Waals surface area contributed by atoms with E-state index >= 15 is 0 Å². The summed E-state index contributed by atoms with van der Waals surface area (Å²) in [6.45, 7) is 4.06. The van der Waals surface area contributed by atoms with Crippen molar-refractivity contribution < 1.29 is 28.7 Å². The number of urea groups is 1. The number of benzene rings is 3. The van der Waals surface area contributed by atoms with Gasteiger partial charge in [-0.1, -0.05) is 94.1 Å². The van der Waals surface area contributed by atoms with E-state index in [-0.39, 0.29) is 29.9 Å². The summed E-state index contributed by atoms with van der Waals surface area (Å²) in [5.41, 5.74) is 3.66. The zero-order chi connectivity index (χ0) is 29.2. The van der Waals surface area contributed by atoms with E-state index in [1.165, 1.54) is 18.2 Å². The molecule has 3 aromatic rings. The molecule has 0 heterocycles. The molecule has 3 amide bonds. The van der Waals surface area contributed by atoms with E-state index in [9.17, 15) is 19.2 Å². The fourth-order valence-corrected chi connectivity index (χ4v) is 4.93. The molecule has 0 fully saturated rings. The first-order valence-electron chi connectivity index (χ1n) is 14.3. The summed E-state index contributed by atoms with van der Waals surface area (Å²) in [6, 6.07) is 18.8. The molecular formula is C33H36N2O6. The maximum absolute atomic E-state index is 13.5. The lowest BCUT2D eigenvalue weighted by molar-refractivity contribution is -0.135. The topological polar surface area (TPSA) is 111 Å². The van der Waals surface area contributed by atoms with Gasteiger partial charge in [0.25, 0.3) is 5.91 Å². The van der Waals surface area contributed by atoms with Gasteiger partial charge in [0.15, 0.2) is 0 Å². The van der Waals surface area contributed by atoms with Crippen molar-refractivity contribution >= 4 is 23.9 Å². The highest BCUT2D eigenvalue weighted by atomic mass is 16.5. The van der Waals surface area contributed by atoms with Crippen LogP contribution >= 0.6 is 0 Å². The molecule has 0 radical (unpaired) electrons. The van der Waals surface area contributed by atoms with Crippen molar-refractivity contribution in [3.05, 3.63) is 83.4 Å². The molecule has 8 nitrogen and oxygen atoms in total. The lowest BCUT2D eigenvalue weighted by Crippen LogP contribution is -2.41. The number of carbonyl (C=O) groups is 4. The standard InChI is InChI=1S/C33H36N2O6/c1-3-5-7-20-28(36)40-26-18-13-19-27(41-29(37)21-8-6-4-2)30(26)32(38)35-33(39)34-31-24-16-11-9-14-22(24)23-15-10-12-17-25(23)31/h9-19,31H,3-8,20-21H2,1-2H3,(H2,34,35,38,39). The van der Waals surface area contributed by atoms with Crippen LogP contribution in [-0.4, -0.2) is 23.9 Å². The molecule has 1 aliphatic rings. The van der Waals surface area contributed by atoms with Gasteiger partial charge in [-0.2, -0.15) is 0 Å². The maximum atomic E-state index is 13.5. The van der Waals surface area contributed by atoms with Gasteiger partial charge in [-0.15, -0.1) is 0 Å². The molecule has 1 aliphatic carbocycles. The van der Waals surface area contributed by atoms with Gasteiger partial charge in [0.2, 0.25) is 0 Å². The number of unbranched alkanes of at least 4 members (excludes halogenated alkanes) is 4. The Morgan fingerprint density at radius 1 is 0.659 bits per heavy atom. The molecule has 3 aromatic carbocycles. The Morgan fingerprint density at radius 2 is 1.15 bits per heavy atom. The van der Waals surface area contributed by atoms with E-state index in [0.29, 0.717) is 12.8 Å². The molecular weight excluding hydrogens is 520 g/mol. The van der Waals surface area contributed by atoms with Gasteiger partial charge in [0.1, 0.15) is 17.1 Å². The minimum absolute atomic E-state index is 0.0767. The molecule has 0 atom stereocenters. The van der Waals surface area contributed by atoms with Crippen molar-refractivity contribution in [2.45, 2.75) is 71.3 Å². The molecule has 0 saturated carbocycles. The number of nitrogens with one attached hydrogen (secondary N) is 2. The summed E-state index contributed by atoms with van der Waals surface area (Å²) in [6.07, 6.45) is 5.26. The molecule has 8 heteroatoms. The number of hydrogen-bond acceptors (Lipinski definition) is 6. The molecule has 41 heavy (non-hydrogen) atoms. The third-order valence-corrected chi connectivity index (χ3v) is 6.97. The highest BCUT2D eigenvalue weighted by Crippen LogP contribution is 2.43. The highest BCUT2D eigenvalue weighted by molar-refractivity contribution is 6.08. The quantitative estimate of drug-likeness (QED) is 0.143. The van der Waals surface area contributed by atoms with E-state index in [4.69, 9.17) is 9.47 Å². The van der Waals surface area contributed by atoms with Gasteiger partial charge in [0, 0.05) is 12.8 Å². The zero-order valence-electron chi connectivity index (χ0n) is 23.5. The lowest BCUT2D eigenvalue weighted by atomic mass is 10.1. The molecule has 4 rings (SSSR count). The minimum Gasteiger partial charge on any atom is -0.426 e. The Labute approximate surface area is 240 Å². The summed E-state index contributed by atoms with van der Waals surface area (Å²) in [4.78, 5) is 51.7. The Hall–Kier alpha value is -4.46. The number of fused-ring (bicyclic) bond motifs is 3. The number of imide groups is 1.